The second kappa shape index (κ2) is 8.02. The lowest BCUT2D eigenvalue weighted by molar-refractivity contribution is 0.112. The minimum atomic E-state index is -0.294. The summed E-state index contributed by atoms with van der Waals surface area (Å²) in [5.41, 5.74) is 0.526. The summed E-state index contributed by atoms with van der Waals surface area (Å²) in [6.07, 6.45) is 1.40. The van der Waals surface area contributed by atoms with Crippen LogP contribution in [0.3, 0.4) is 0 Å². The SMILES string of the molecule is COc1ccc(C=O)cc1OCCCOc1ccc(F)cc1. The Morgan fingerprint density at radius 2 is 1.73 bits per heavy atom. The lowest BCUT2D eigenvalue weighted by atomic mass is 10.2. The first-order chi connectivity index (χ1) is 10.7. The minimum absolute atomic E-state index is 0.294. The predicted molar refractivity (Wildman–Crippen MR) is 80.4 cm³/mol. The first-order valence-corrected chi connectivity index (χ1v) is 6.87. The summed E-state index contributed by atoms with van der Waals surface area (Å²) in [6.45, 7) is 0.862. The van der Waals surface area contributed by atoms with Crippen LogP contribution in [-0.2, 0) is 0 Å². The van der Waals surface area contributed by atoms with E-state index in [9.17, 15) is 9.18 Å². The number of carbonyl (C=O) groups excluding carboxylic acids is 1. The molecule has 0 spiro atoms. The Bertz CT molecular complexity index is 611. The van der Waals surface area contributed by atoms with Crippen molar-refractivity contribution in [2.75, 3.05) is 20.3 Å². The van der Waals surface area contributed by atoms with Gasteiger partial charge in [0.15, 0.2) is 11.5 Å². The summed E-state index contributed by atoms with van der Waals surface area (Å²) >= 11 is 0. The van der Waals surface area contributed by atoms with Crippen molar-refractivity contribution < 1.29 is 23.4 Å². The number of benzene rings is 2. The van der Waals surface area contributed by atoms with E-state index in [1.165, 1.54) is 12.1 Å². The van der Waals surface area contributed by atoms with E-state index in [4.69, 9.17) is 14.2 Å². The molecular weight excluding hydrogens is 287 g/mol. The molecule has 2 aromatic carbocycles. The van der Waals surface area contributed by atoms with Crippen LogP contribution in [0, 0.1) is 5.82 Å². The van der Waals surface area contributed by atoms with Crippen molar-refractivity contribution in [1.29, 1.82) is 0 Å². The van der Waals surface area contributed by atoms with Crippen molar-refractivity contribution in [3.05, 3.63) is 53.8 Å². The fourth-order valence-electron chi connectivity index (χ4n) is 1.84. The summed E-state index contributed by atoms with van der Waals surface area (Å²) in [5.74, 6) is 1.42. The second-order valence-electron chi connectivity index (χ2n) is 4.53. The third-order valence-electron chi connectivity index (χ3n) is 2.95. The van der Waals surface area contributed by atoms with Crippen molar-refractivity contribution >= 4 is 6.29 Å². The van der Waals surface area contributed by atoms with E-state index in [2.05, 4.69) is 0 Å². The van der Waals surface area contributed by atoms with E-state index in [1.54, 1.807) is 37.4 Å². The number of rotatable bonds is 8. The lowest BCUT2D eigenvalue weighted by Gasteiger charge is -2.11. The third-order valence-corrected chi connectivity index (χ3v) is 2.95. The highest BCUT2D eigenvalue weighted by Gasteiger charge is 2.05. The van der Waals surface area contributed by atoms with Crippen molar-refractivity contribution in [3.8, 4) is 17.2 Å². The summed E-state index contributed by atoms with van der Waals surface area (Å²) < 4.78 is 29.0. The molecule has 4 nitrogen and oxygen atoms in total. The standard InChI is InChI=1S/C17H17FO4/c1-20-16-8-3-13(12-19)11-17(16)22-10-2-9-21-15-6-4-14(18)5-7-15/h3-8,11-12H,2,9-10H2,1H3. The third kappa shape index (κ3) is 4.48. The zero-order valence-corrected chi connectivity index (χ0v) is 12.3. The zero-order chi connectivity index (χ0) is 15.8. The van der Waals surface area contributed by atoms with E-state index in [0.717, 1.165) is 6.29 Å². The number of carbonyl (C=O) groups is 1. The molecule has 0 fully saturated rings. The van der Waals surface area contributed by atoms with Crippen LogP contribution in [0.15, 0.2) is 42.5 Å². The number of aldehydes is 1. The van der Waals surface area contributed by atoms with E-state index < -0.39 is 0 Å². The maximum absolute atomic E-state index is 12.7. The molecule has 0 saturated carbocycles. The molecular formula is C17H17FO4. The van der Waals surface area contributed by atoms with Crippen LogP contribution >= 0.6 is 0 Å². The average molecular weight is 304 g/mol. The number of ether oxygens (including phenoxy) is 3. The van der Waals surface area contributed by atoms with Crippen LogP contribution < -0.4 is 14.2 Å². The van der Waals surface area contributed by atoms with Crippen molar-refractivity contribution in [3.63, 3.8) is 0 Å². The molecule has 0 atom stereocenters. The molecule has 2 aromatic rings. The largest absolute Gasteiger partial charge is 0.493 e. The number of methoxy groups -OCH3 is 1. The molecule has 0 aromatic heterocycles. The molecule has 116 valence electrons. The molecule has 0 saturated heterocycles. The van der Waals surface area contributed by atoms with Gasteiger partial charge in [-0.25, -0.2) is 4.39 Å². The van der Waals surface area contributed by atoms with Gasteiger partial charge in [0.2, 0.25) is 0 Å². The van der Waals surface area contributed by atoms with Gasteiger partial charge < -0.3 is 14.2 Å². The minimum Gasteiger partial charge on any atom is -0.493 e. The van der Waals surface area contributed by atoms with Crippen LogP contribution in [0.25, 0.3) is 0 Å². The number of hydrogen-bond acceptors (Lipinski definition) is 4. The first kappa shape index (κ1) is 15.8. The van der Waals surface area contributed by atoms with Crippen LogP contribution in [0.5, 0.6) is 17.2 Å². The van der Waals surface area contributed by atoms with Gasteiger partial charge in [0.1, 0.15) is 17.9 Å². The molecule has 0 bridgehead atoms. The average Bonchev–Trinajstić information content (AvgIpc) is 2.56. The molecule has 0 N–H and O–H groups in total. The van der Waals surface area contributed by atoms with Crippen molar-refractivity contribution in [1.82, 2.24) is 0 Å². The predicted octanol–water partition coefficient (Wildman–Crippen LogP) is 3.49. The van der Waals surface area contributed by atoms with Gasteiger partial charge in [0, 0.05) is 12.0 Å². The molecule has 0 aliphatic carbocycles. The molecule has 0 aliphatic heterocycles. The maximum Gasteiger partial charge on any atom is 0.161 e. The summed E-state index contributed by atoms with van der Waals surface area (Å²) in [6, 6.07) is 10.8. The van der Waals surface area contributed by atoms with E-state index >= 15 is 0 Å². The van der Waals surface area contributed by atoms with Gasteiger partial charge in [-0.2, -0.15) is 0 Å². The highest BCUT2D eigenvalue weighted by Crippen LogP contribution is 2.27. The second-order valence-corrected chi connectivity index (χ2v) is 4.53. The van der Waals surface area contributed by atoms with E-state index in [1.807, 2.05) is 0 Å². The van der Waals surface area contributed by atoms with Crippen LogP contribution in [0.2, 0.25) is 0 Å². The van der Waals surface area contributed by atoms with Gasteiger partial charge in [-0.3, -0.25) is 4.79 Å². The van der Waals surface area contributed by atoms with Gasteiger partial charge >= 0.3 is 0 Å². The van der Waals surface area contributed by atoms with Crippen LogP contribution in [-0.4, -0.2) is 26.6 Å². The highest BCUT2D eigenvalue weighted by molar-refractivity contribution is 5.76. The van der Waals surface area contributed by atoms with Crippen molar-refractivity contribution in [2.45, 2.75) is 6.42 Å². The van der Waals surface area contributed by atoms with Gasteiger partial charge in [0.05, 0.1) is 20.3 Å². The first-order valence-electron chi connectivity index (χ1n) is 6.87. The Morgan fingerprint density at radius 1 is 1.00 bits per heavy atom. The van der Waals surface area contributed by atoms with Crippen molar-refractivity contribution in [2.24, 2.45) is 0 Å². The van der Waals surface area contributed by atoms with Gasteiger partial charge in [-0.15, -0.1) is 0 Å². The Balaban J connectivity index is 1.78. The fraction of sp³-hybridized carbons (Fsp3) is 0.235. The van der Waals surface area contributed by atoms with E-state index in [0.29, 0.717) is 42.4 Å². The normalized spacial score (nSPS) is 10.1. The summed E-state index contributed by atoms with van der Waals surface area (Å²) in [7, 11) is 1.54. The lowest BCUT2D eigenvalue weighted by Crippen LogP contribution is -2.06. The molecule has 2 rings (SSSR count). The fourth-order valence-corrected chi connectivity index (χ4v) is 1.84. The molecule has 0 radical (unpaired) electrons. The summed E-state index contributed by atoms with van der Waals surface area (Å²) in [5, 5.41) is 0. The smallest absolute Gasteiger partial charge is 0.161 e. The monoisotopic (exact) mass is 304 g/mol. The Morgan fingerprint density at radius 3 is 2.41 bits per heavy atom. The Labute approximate surface area is 128 Å². The molecule has 0 unspecified atom stereocenters. The van der Waals surface area contributed by atoms with Gasteiger partial charge in [-0.1, -0.05) is 0 Å². The topological polar surface area (TPSA) is 44.8 Å². The van der Waals surface area contributed by atoms with Crippen LogP contribution in [0.4, 0.5) is 4.39 Å². The Hall–Kier alpha value is -2.56. The zero-order valence-electron chi connectivity index (χ0n) is 12.3. The van der Waals surface area contributed by atoms with Crippen LogP contribution in [0.1, 0.15) is 16.8 Å². The quantitative estimate of drug-likeness (QED) is 0.553. The highest BCUT2D eigenvalue weighted by atomic mass is 19.1. The summed E-state index contributed by atoms with van der Waals surface area (Å²) in [4.78, 5) is 10.8. The maximum atomic E-state index is 12.7. The number of halogens is 1. The molecule has 0 aliphatic rings. The molecule has 5 heteroatoms. The van der Waals surface area contributed by atoms with E-state index in [-0.39, 0.29) is 5.82 Å². The van der Waals surface area contributed by atoms with Gasteiger partial charge in [0.25, 0.3) is 0 Å². The molecule has 22 heavy (non-hydrogen) atoms. The van der Waals surface area contributed by atoms with Gasteiger partial charge in [-0.05, 0) is 42.5 Å². The molecule has 0 heterocycles. The Kier molecular flexibility index (Phi) is 5.77. The molecule has 0 amide bonds. The number of hydrogen-bond donors (Lipinski definition) is 0.